The van der Waals surface area contributed by atoms with Crippen molar-refractivity contribution in [3.63, 3.8) is 0 Å². The molecule has 0 aliphatic rings. The predicted molar refractivity (Wildman–Crippen MR) is 72.3 cm³/mol. The molecule has 0 bridgehead atoms. The highest BCUT2D eigenvalue weighted by molar-refractivity contribution is 5.89. The number of carbonyl (C=O) groups is 1. The largest absolute Gasteiger partial charge is 0.325 e. The number of carbonyl (C=O) groups excluding carboxylic acids is 1. The molecule has 1 N–H and O–H groups in total. The standard InChI is InChI=1S/C14H19N3O/c1-3-8-17(9-4-2)14(18)16-13-7-5-6-12(10-13)11-15/h5-7,10H,3-4,8-9H2,1-2H3,(H,16,18). The number of benzene rings is 1. The van der Waals surface area contributed by atoms with Gasteiger partial charge in [0.05, 0.1) is 11.6 Å². The van der Waals surface area contributed by atoms with E-state index in [2.05, 4.69) is 11.4 Å². The Morgan fingerprint density at radius 1 is 1.33 bits per heavy atom. The zero-order valence-electron chi connectivity index (χ0n) is 10.9. The van der Waals surface area contributed by atoms with Crippen molar-refractivity contribution in [2.75, 3.05) is 18.4 Å². The van der Waals surface area contributed by atoms with Gasteiger partial charge in [-0.25, -0.2) is 4.79 Å². The van der Waals surface area contributed by atoms with E-state index in [1.807, 2.05) is 13.8 Å². The van der Waals surface area contributed by atoms with Gasteiger partial charge in [0.1, 0.15) is 0 Å². The van der Waals surface area contributed by atoms with E-state index in [1.165, 1.54) is 0 Å². The topological polar surface area (TPSA) is 56.1 Å². The molecule has 1 rings (SSSR count). The fraction of sp³-hybridized carbons (Fsp3) is 0.429. The van der Waals surface area contributed by atoms with Crippen molar-refractivity contribution in [3.05, 3.63) is 29.8 Å². The lowest BCUT2D eigenvalue weighted by atomic mass is 10.2. The Kier molecular flexibility index (Phi) is 5.72. The minimum Gasteiger partial charge on any atom is -0.325 e. The predicted octanol–water partition coefficient (Wildman–Crippen LogP) is 3.21. The Balaban J connectivity index is 2.69. The Morgan fingerprint density at radius 2 is 2.00 bits per heavy atom. The molecule has 4 nitrogen and oxygen atoms in total. The van der Waals surface area contributed by atoms with Gasteiger partial charge in [-0.3, -0.25) is 0 Å². The molecule has 0 saturated carbocycles. The lowest BCUT2D eigenvalue weighted by molar-refractivity contribution is 0.211. The van der Waals surface area contributed by atoms with Crippen molar-refractivity contribution in [1.82, 2.24) is 4.90 Å². The summed E-state index contributed by atoms with van der Waals surface area (Å²) in [6.45, 7) is 5.59. The molecular formula is C14H19N3O. The summed E-state index contributed by atoms with van der Waals surface area (Å²) < 4.78 is 0. The Bertz CT molecular complexity index is 431. The zero-order valence-corrected chi connectivity index (χ0v) is 10.9. The molecule has 0 aromatic heterocycles. The Labute approximate surface area is 108 Å². The quantitative estimate of drug-likeness (QED) is 0.866. The van der Waals surface area contributed by atoms with Gasteiger partial charge in [0.25, 0.3) is 0 Å². The molecule has 0 atom stereocenters. The van der Waals surface area contributed by atoms with Crippen molar-refractivity contribution in [3.8, 4) is 6.07 Å². The molecule has 1 aromatic rings. The molecule has 18 heavy (non-hydrogen) atoms. The summed E-state index contributed by atoms with van der Waals surface area (Å²) in [6, 6.07) is 8.89. The summed E-state index contributed by atoms with van der Waals surface area (Å²) in [4.78, 5) is 13.8. The van der Waals surface area contributed by atoms with E-state index in [0.717, 1.165) is 25.9 Å². The summed E-state index contributed by atoms with van der Waals surface area (Å²) in [5.74, 6) is 0. The minimum absolute atomic E-state index is 0.103. The lowest BCUT2D eigenvalue weighted by Crippen LogP contribution is -2.36. The van der Waals surface area contributed by atoms with Gasteiger partial charge in [-0.1, -0.05) is 19.9 Å². The van der Waals surface area contributed by atoms with Gasteiger partial charge >= 0.3 is 6.03 Å². The van der Waals surface area contributed by atoms with Gasteiger partial charge in [0, 0.05) is 18.8 Å². The van der Waals surface area contributed by atoms with Crippen molar-refractivity contribution < 1.29 is 4.79 Å². The van der Waals surface area contributed by atoms with Gasteiger partial charge in [-0.05, 0) is 31.0 Å². The van der Waals surface area contributed by atoms with Crippen molar-refractivity contribution in [1.29, 1.82) is 5.26 Å². The van der Waals surface area contributed by atoms with Gasteiger partial charge in [-0.2, -0.15) is 5.26 Å². The van der Waals surface area contributed by atoms with Crippen LogP contribution in [-0.2, 0) is 0 Å². The first-order valence-corrected chi connectivity index (χ1v) is 6.27. The van der Waals surface area contributed by atoms with Gasteiger partial charge < -0.3 is 10.2 Å². The molecule has 0 spiro atoms. The average Bonchev–Trinajstić information content (AvgIpc) is 2.38. The summed E-state index contributed by atoms with van der Waals surface area (Å²) in [5.41, 5.74) is 1.21. The van der Waals surface area contributed by atoms with E-state index in [9.17, 15) is 4.79 Å². The second-order valence-corrected chi connectivity index (χ2v) is 4.11. The molecule has 96 valence electrons. The molecular weight excluding hydrogens is 226 g/mol. The average molecular weight is 245 g/mol. The van der Waals surface area contributed by atoms with Crippen LogP contribution in [0.4, 0.5) is 10.5 Å². The third kappa shape index (κ3) is 4.10. The third-order valence-corrected chi connectivity index (χ3v) is 2.52. The first-order valence-electron chi connectivity index (χ1n) is 6.27. The fourth-order valence-electron chi connectivity index (χ4n) is 1.72. The number of urea groups is 1. The van der Waals surface area contributed by atoms with E-state index in [0.29, 0.717) is 11.3 Å². The Morgan fingerprint density at radius 3 is 2.56 bits per heavy atom. The van der Waals surface area contributed by atoms with Crippen LogP contribution in [0.3, 0.4) is 0 Å². The summed E-state index contributed by atoms with van der Waals surface area (Å²) in [7, 11) is 0. The molecule has 0 heterocycles. The molecule has 2 amide bonds. The Hall–Kier alpha value is -2.02. The monoisotopic (exact) mass is 245 g/mol. The number of rotatable bonds is 5. The highest BCUT2D eigenvalue weighted by Gasteiger charge is 2.11. The molecule has 4 heteroatoms. The first-order chi connectivity index (χ1) is 8.71. The molecule has 0 aliphatic heterocycles. The normalized spacial score (nSPS) is 9.61. The smallest absolute Gasteiger partial charge is 0.321 e. The molecule has 0 unspecified atom stereocenters. The molecule has 0 radical (unpaired) electrons. The van der Waals surface area contributed by atoms with Crippen LogP contribution in [-0.4, -0.2) is 24.0 Å². The van der Waals surface area contributed by atoms with Gasteiger partial charge in [0.2, 0.25) is 0 Å². The highest BCUT2D eigenvalue weighted by atomic mass is 16.2. The number of nitrogens with one attached hydrogen (secondary N) is 1. The van der Waals surface area contributed by atoms with E-state index in [1.54, 1.807) is 29.2 Å². The van der Waals surface area contributed by atoms with Crippen LogP contribution in [0, 0.1) is 11.3 Å². The van der Waals surface area contributed by atoms with Crippen LogP contribution in [0.25, 0.3) is 0 Å². The fourth-order valence-corrected chi connectivity index (χ4v) is 1.72. The minimum atomic E-state index is -0.103. The number of hydrogen-bond acceptors (Lipinski definition) is 2. The number of nitrogens with zero attached hydrogens (tertiary/aromatic N) is 2. The maximum absolute atomic E-state index is 12.0. The third-order valence-electron chi connectivity index (χ3n) is 2.52. The van der Waals surface area contributed by atoms with Crippen LogP contribution in [0.15, 0.2) is 24.3 Å². The maximum atomic E-state index is 12.0. The summed E-state index contributed by atoms with van der Waals surface area (Å²) in [5, 5.41) is 11.6. The first kappa shape index (κ1) is 14.0. The molecule has 0 saturated heterocycles. The number of nitriles is 1. The molecule has 0 aliphatic carbocycles. The van der Waals surface area contributed by atoms with E-state index in [-0.39, 0.29) is 6.03 Å². The van der Waals surface area contributed by atoms with Crippen LogP contribution < -0.4 is 5.32 Å². The van der Waals surface area contributed by atoms with Crippen molar-refractivity contribution in [2.45, 2.75) is 26.7 Å². The van der Waals surface area contributed by atoms with Gasteiger partial charge in [-0.15, -0.1) is 0 Å². The van der Waals surface area contributed by atoms with E-state index >= 15 is 0 Å². The second-order valence-electron chi connectivity index (χ2n) is 4.11. The number of anilines is 1. The highest BCUT2D eigenvalue weighted by Crippen LogP contribution is 2.11. The van der Waals surface area contributed by atoms with Crippen LogP contribution in [0.2, 0.25) is 0 Å². The molecule has 1 aromatic carbocycles. The number of amides is 2. The van der Waals surface area contributed by atoms with Crippen molar-refractivity contribution in [2.24, 2.45) is 0 Å². The summed E-state index contributed by atoms with van der Waals surface area (Å²) >= 11 is 0. The SMILES string of the molecule is CCCN(CCC)C(=O)Nc1cccc(C#N)c1. The van der Waals surface area contributed by atoms with Crippen LogP contribution in [0.1, 0.15) is 32.3 Å². The number of hydrogen-bond donors (Lipinski definition) is 1. The van der Waals surface area contributed by atoms with Crippen LogP contribution in [0.5, 0.6) is 0 Å². The van der Waals surface area contributed by atoms with E-state index < -0.39 is 0 Å². The lowest BCUT2D eigenvalue weighted by Gasteiger charge is -2.21. The summed E-state index contributed by atoms with van der Waals surface area (Å²) in [6.07, 6.45) is 1.87. The van der Waals surface area contributed by atoms with Crippen LogP contribution >= 0.6 is 0 Å². The van der Waals surface area contributed by atoms with Gasteiger partial charge in [0.15, 0.2) is 0 Å². The molecule has 0 fully saturated rings. The second kappa shape index (κ2) is 7.33. The maximum Gasteiger partial charge on any atom is 0.321 e. The van der Waals surface area contributed by atoms with Crippen molar-refractivity contribution >= 4 is 11.7 Å². The van der Waals surface area contributed by atoms with E-state index in [4.69, 9.17) is 5.26 Å². The zero-order chi connectivity index (χ0) is 13.4.